The Morgan fingerprint density at radius 3 is 2.52 bits per heavy atom. The van der Waals surface area contributed by atoms with Crippen LogP contribution in [0, 0.1) is 5.92 Å². The van der Waals surface area contributed by atoms with Crippen molar-refractivity contribution in [1.82, 2.24) is 10.6 Å². The van der Waals surface area contributed by atoms with E-state index < -0.39 is 0 Å². The molecule has 1 aromatic rings. The van der Waals surface area contributed by atoms with E-state index in [1.54, 1.807) is 7.11 Å². The third kappa shape index (κ3) is 7.00. The Balaban J connectivity index is 0.00000400. The topological polar surface area (TPSA) is 50.4 Å². The molecule has 1 aromatic carbocycles. The molecule has 0 heterocycles. The van der Waals surface area contributed by atoms with Gasteiger partial charge in [-0.2, -0.15) is 0 Å². The van der Waals surface area contributed by atoms with Crippen LogP contribution in [0.1, 0.15) is 19.4 Å². The van der Waals surface area contributed by atoms with Gasteiger partial charge < -0.3 is 15.4 Å². The summed E-state index contributed by atoms with van der Waals surface area (Å²) in [5.41, 5.74) is 1.06. The molecule has 0 radical (unpaired) electrons. The number of benzene rings is 1. The average molecular weight is 445 g/mol. The van der Waals surface area contributed by atoms with Gasteiger partial charge in [0.05, 0.1) is 11.6 Å². The quantitative estimate of drug-likeness (QED) is 0.633. The van der Waals surface area contributed by atoms with E-state index in [0.29, 0.717) is 19.6 Å². The molecular formula is C14H21Br2ClN2O2. The van der Waals surface area contributed by atoms with E-state index in [9.17, 15) is 4.79 Å². The van der Waals surface area contributed by atoms with Crippen molar-refractivity contribution in [2.24, 2.45) is 5.92 Å². The van der Waals surface area contributed by atoms with Crippen molar-refractivity contribution >= 4 is 50.2 Å². The zero-order valence-electron chi connectivity index (χ0n) is 12.3. The summed E-state index contributed by atoms with van der Waals surface area (Å²) < 4.78 is 7.29. The maximum atomic E-state index is 11.4. The maximum absolute atomic E-state index is 11.4. The number of carbonyl (C=O) groups excluding carboxylic acids is 1. The van der Waals surface area contributed by atoms with E-state index in [4.69, 9.17) is 4.74 Å². The second kappa shape index (κ2) is 10.4. The van der Waals surface area contributed by atoms with Crippen LogP contribution in [0.4, 0.5) is 0 Å². The summed E-state index contributed by atoms with van der Waals surface area (Å²) in [6.07, 6.45) is 0. The van der Waals surface area contributed by atoms with Crippen molar-refractivity contribution in [2.45, 2.75) is 20.4 Å². The molecule has 0 bridgehead atoms. The maximum Gasteiger partial charge on any atom is 0.222 e. The Bertz CT molecular complexity index is 471. The van der Waals surface area contributed by atoms with Crippen LogP contribution in [0.3, 0.4) is 0 Å². The fourth-order valence-electron chi connectivity index (χ4n) is 1.67. The summed E-state index contributed by atoms with van der Waals surface area (Å²) in [4.78, 5) is 11.4. The van der Waals surface area contributed by atoms with Gasteiger partial charge in [0.2, 0.25) is 5.91 Å². The van der Waals surface area contributed by atoms with Gasteiger partial charge in [0.1, 0.15) is 5.75 Å². The first-order valence-corrected chi connectivity index (χ1v) is 8.04. The lowest BCUT2D eigenvalue weighted by molar-refractivity contribution is -0.123. The van der Waals surface area contributed by atoms with Gasteiger partial charge in [-0.1, -0.05) is 29.8 Å². The van der Waals surface area contributed by atoms with Gasteiger partial charge in [0.25, 0.3) is 0 Å². The number of carbonyl (C=O) groups is 1. The number of methoxy groups -OCH3 is 1. The second-order valence-corrected chi connectivity index (χ2v) is 6.47. The molecule has 4 nitrogen and oxygen atoms in total. The lowest BCUT2D eigenvalue weighted by Gasteiger charge is -2.13. The highest BCUT2D eigenvalue weighted by Gasteiger charge is 2.09. The van der Waals surface area contributed by atoms with Gasteiger partial charge in [-0.3, -0.25) is 4.79 Å². The lowest BCUT2D eigenvalue weighted by atomic mass is 10.2. The SMILES string of the molecule is COc1c(Br)cc(Br)cc1CNCCNC(=O)C(C)C.Cl. The molecule has 0 aliphatic heterocycles. The van der Waals surface area contributed by atoms with Crippen LogP contribution in [0.5, 0.6) is 5.75 Å². The van der Waals surface area contributed by atoms with E-state index in [0.717, 1.165) is 20.3 Å². The molecule has 0 saturated heterocycles. The molecule has 0 aromatic heterocycles. The molecule has 120 valence electrons. The van der Waals surface area contributed by atoms with E-state index in [1.807, 2.05) is 26.0 Å². The fourth-order valence-corrected chi connectivity index (χ4v) is 3.15. The van der Waals surface area contributed by atoms with Crippen molar-refractivity contribution in [3.63, 3.8) is 0 Å². The zero-order chi connectivity index (χ0) is 15.1. The molecule has 1 rings (SSSR count). The smallest absolute Gasteiger partial charge is 0.222 e. The molecule has 2 N–H and O–H groups in total. The number of halogens is 3. The summed E-state index contributed by atoms with van der Waals surface area (Å²) in [5, 5.41) is 6.16. The number of rotatable bonds is 7. The number of ether oxygens (including phenoxy) is 1. The normalized spacial score (nSPS) is 10.2. The van der Waals surface area contributed by atoms with Gasteiger partial charge in [0.15, 0.2) is 0 Å². The van der Waals surface area contributed by atoms with Crippen LogP contribution in [0.25, 0.3) is 0 Å². The molecule has 0 atom stereocenters. The first kappa shape index (κ1) is 20.7. The first-order chi connectivity index (χ1) is 9.45. The van der Waals surface area contributed by atoms with Gasteiger partial charge >= 0.3 is 0 Å². The number of hydrogen-bond donors (Lipinski definition) is 2. The van der Waals surface area contributed by atoms with Crippen LogP contribution in [0.15, 0.2) is 21.1 Å². The van der Waals surface area contributed by atoms with E-state index >= 15 is 0 Å². The highest BCUT2D eigenvalue weighted by atomic mass is 79.9. The molecule has 1 amide bonds. The Morgan fingerprint density at radius 2 is 1.95 bits per heavy atom. The van der Waals surface area contributed by atoms with Crippen LogP contribution in [-0.2, 0) is 11.3 Å². The van der Waals surface area contributed by atoms with Crippen LogP contribution >= 0.6 is 44.3 Å². The molecular weight excluding hydrogens is 423 g/mol. The third-order valence-electron chi connectivity index (χ3n) is 2.73. The van der Waals surface area contributed by atoms with Gasteiger partial charge in [-0.25, -0.2) is 0 Å². The summed E-state index contributed by atoms with van der Waals surface area (Å²) in [6.45, 7) is 5.78. The highest BCUT2D eigenvalue weighted by molar-refractivity contribution is 9.11. The molecule has 7 heteroatoms. The summed E-state index contributed by atoms with van der Waals surface area (Å²) in [6, 6.07) is 3.97. The lowest BCUT2D eigenvalue weighted by Crippen LogP contribution is -2.34. The summed E-state index contributed by atoms with van der Waals surface area (Å²) >= 11 is 6.94. The number of nitrogens with one attached hydrogen (secondary N) is 2. The Hall–Kier alpha value is -0.300. The average Bonchev–Trinajstić information content (AvgIpc) is 2.37. The molecule has 0 spiro atoms. The molecule has 0 aliphatic carbocycles. The van der Waals surface area contributed by atoms with Crippen LogP contribution in [0.2, 0.25) is 0 Å². The van der Waals surface area contributed by atoms with Gasteiger partial charge in [0, 0.05) is 35.6 Å². The molecule has 21 heavy (non-hydrogen) atoms. The predicted octanol–water partition coefficient (Wildman–Crippen LogP) is 3.50. The Labute approximate surface area is 149 Å². The summed E-state index contributed by atoms with van der Waals surface area (Å²) in [7, 11) is 1.65. The van der Waals surface area contributed by atoms with Gasteiger partial charge in [-0.05, 0) is 28.1 Å². The van der Waals surface area contributed by atoms with Crippen molar-refractivity contribution in [3.8, 4) is 5.75 Å². The van der Waals surface area contributed by atoms with Crippen molar-refractivity contribution < 1.29 is 9.53 Å². The minimum absolute atomic E-state index is 0. The third-order valence-corrected chi connectivity index (χ3v) is 3.78. The van der Waals surface area contributed by atoms with E-state index in [2.05, 4.69) is 42.5 Å². The van der Waals surface area contributed by atoms with E-state index in [1.165, 1.54) is 0 Å². The highest BCUT2D eigenvalue weighted by Crippen LogP contribution is 2.32. The van der Waals surface area contributed by atoms with Crippen molar-refractivity contribution in [2.75, 3.05) is 20.2 Å². The number of hydrogen-bond acceptors (Lipinski definition) is 3. The minimum Gasteiger partial charge on any atom is -0.495 e. The fraction of sp³-hybridized carbons (Fsp3) is 0.500. The Kier molecular flexibility index (Phi) is 10.3. The van der Waals surface area contributed by atoms with Gasteiger partial charge in [-0.15, -0.1) is 12.4 Å². The largest absolute Gasteiger partial charge is 0.495 e. The number of amides is 1. The second-order valence-electron chi connectivity index (χ2n) is 4.70. The zero-order valence-corrected chi connectivity index (χ0v) is 16.3. The predicted molar refractivity (Wildman–Crippen MR) is 95.2 cm³/mol. The molecule has 0 aliphatic rings. The summed E-state index contributed by atoms with van der Waals surface area (Å²) in [5.74, 6) is 0.928. The van der Waals surface area contributed by atoms with Crippen LogP contribution < -0.4 is 15.4 Å². The van der Waals surface area contributed by atoms with Crippen LogP contribution in [-0.4, -0.2) is 26.1 Å². The Morgan fingerprint density at radius 1 is 1.29 bits per heavy atom. The molecule has 0 unspecified atom stereocenters. The molecule has 0 saturated carbocycles. The van der Waals surface area contributed by atoms with Crippen molar-refractivity contribution in [1.29, 1.82) is 0 Å². The van der Waals surface area contributed by atoms with Crippen molar-refractivity contribution in [3.05, 3.63) is 26.6 Å². The monoisotopic (exact) mass is 442 g/mol. The minimum atomic E-state index is 0. The van der Waals surface area contributed by atoms with E-state index in [-0.39, 0.29) is 24.2 Å². The first-order valence-electron chi connectivity index (χ1n) is 6.46. The standard InChI is InChI=1S/C14H20Br2N2O2.ClH/c1-9(2)14(19)18-5-4-17-8-10-6-11(15)7-12(16)13(10)20-3;/h6-7,9,17H,4-5,8H2,1-3H3,(H,18,19);1H. The molecule has 0 fully saturated rings.